The Morgan fingerprint density at radius 2 is 1.78 bits per heavy atom. The number of benzene rings is 1. The van der Waals surface area contributed by atoms with Crippen LogP contribution in [0.1, 0.15) is 5.56 Å². The van der Waals surface area contributed by atoms with Gasteiger partial charge in [-0.1, -0.05) is 12.1 Å². The smallest absolute Gasteiger partial charge is 0.334 e. The van der Waals surface area contributed by atoms with Crippen molar-refractivity contribution in [3.05, 3.63) is 48.2 Å². The van der Waals surface area contributed by atoms with Crippen molar-refractivity contribution in [1.82, 2.24) is 4.57 Å². The lowest BCUT2D eigenvalue weighted by molar-refractivity contribution is -0.137. The Bertz CT molecular complexity index is 574. The molecule has 0 aliphatic carbocycles. The molecule has 0 saturated heterocycles. The van der Waals surface area contributed by atoms with Crippen molar-refractivity contribution in [2.75, 3.05) is 0 Å². The molecule has 1 aromatic carbocycles. The van der Waals surface area contributed by atoms with Gasteiger partial charge in [0.2, 0.25) is 0 Å². The molecule has 0 bridgehead atoms. The number of hydrogen-bond donors (Lipinski definition) is 0. The van der Waals surface area contributed by atoms with Gasteiger partial charge in [0.05, 0.1) is 11.6 Å². The fourth-order valence-corrected chi connectivity index (χ4v) is 1.72. The van der Waals surface area contributed by atoms with Crippen LogP contribution >= 0.6 is 0 Å². The molecule has 0 unspecified atom stereocenters. The van der Waals surface area contributed by atoms with E-state index in [0.717, 1.165) is 17.8 Å². The number of alkyl halides is 3. The quantitative estimate of drug-likeness (QED) is 0.798. The minimum Gasteiger partial charge on any atom is -0.334 e. The summed E-state index contributed by atoms with van der Waals surface area (Å²) in [6, 6.07) is 10.4. The second-order valence-corrected chi connectivity index (χ2v) is 3.75. The van der Waals surface area contributed by atoms with Gasteiger partial charge in [0.25, 0.3) is 0 Å². The lowest BCUT2D eigenvalue weighted by Gasteiger charge is -2.09. The summed E-state index contributed by atoms with van der Waals surface area (Å²) in [6.07, 6.45) is -2.61. The largest absolute Gasteiger partial charge is 0.416 e. The summed E-state index contributed by atoms with van der Waals surface area (Å²) >= 11 is 0. The van der Waals surface area contributed by atoms with Gasteiger partial charge in [0.15, 0.2) is 0 Å². The van der Waals surface area contributed by atoms with Crippen molar-refractivity contribution in [2.45, 2.75) is 12.7 Å². The highest BCUT2D eigenvalue weighted by molar-refractivity contribution is 5.60. The summed E-state index contributed by atoms with van der Waals surface area (Å²) in [5.74, 6) is 0. The van der Waals surface area contributed by atoms with E-state index in [4.69, 9.17) is 5.26 Å². The molecular weight excluding hydrogens is 241 g/mol. The van der Waals surface area contributed by atoms with Gasteiger partial charge in [-0.15, -0.1) is 0 Å². The van der Waals surface area contributed by atoms with E-state index in [1.807, 2.05) is 6.07 Å². The molecule has 0 radical (unpaired) electrons. The van der Waals surface area contributed by atoms with E-state index in [9.17, 15) is 13.2 Å². The first kappa shape index (κ1) is 12.2. The van der Waals surface area contributed by atoms with Crippen molar-refractivity contribution in [3.8, 4) is 17.3 Å². The number of aromatic nitrogens is 1. The van der Waals surface area contributed by atoms with Crippen LogP contribution in [0.3, 0.4) is 0 Å². The fraction of sp³-hybridized carbons (Fsp3) is 0.154. The molecule has 0 spiro atoms. The molecule has 2 rings (SSSR count). The maximum absolute atomic E-state index is 12.4. The third-order valence-corrected chi connectivity index (χ3v) is 2.58. The predicted molar refractivity (Wildman–Crippen MR) is 60.5 cm³/mol. The predicted octanol–water partition coefficient (Wildman–Crippen LogP) is 3.70. The van der Waals surface area contributed by atoms with Gasteiger partial charge < -0.3 is 4.57 Å². The van der Waals surface area contributed by atoms with E-state index in [1.54, 1.807) is 22.9 Å². The van der Waals surface area contributed by atoms with Gasteiger partial charge in [-0.25, -0.2) is 0 Å². The molecule has 1 aromatic heterocycles. The van der Waals surface area contributed by atoms with Crippen LogP contribution in [-0.4, -0.2) is 4.57 Å². The molecule has 2 nitrogen and oxygen atoms in total. The molecule has 0 aliphatic rings. The van der Waals surface area contributed by atoms with Gasteiger partial charge in [-0.2, -0.15) is 18.4 Å². The minimum atomic E-state index is -4.33. The normalized spacial score (nSPS) is 11.2. The maximum atomic E-state index is 12.4. The van der Waals surface area contributed by atoms with Crippen molar-refractivity contribution in [2.24, 2.45) is 0 Å². The second-order valence-electron chi connectivity index (χ2n) is 3.75. The van der Waals surface area contributed by atoms with Crippen molar-refractivity contribution >= 4 is 0 Å². The van der Waals surface area contributed by atoms with Crippen LogP contribution in [0, 0.1) is 11.3 Å². The summed E-state index contributed by atoms with van der Waals surface area (Å²) in [6.45, 7) is 0.170. The Hall–Kier alpha value is -2.22. The zero-order valence-corrected chi connectivity index (χ0v) is 9.28. The molecule has 5 heteroatoms. The first-order chi connectivity index (χ1) is 8.52. The summed E-state index contributed by atoms with van der Waals surface area (Å²) in [7, 11) is 0. The molecular formula is C13H9F3N2. The molecule has 18 heavy (non-hydrogen) atoms. The van der Waals surface area contributed by atoms with Gasteiger partial charge in [0, 0.05) is 11.9 Å². The lowest BCUT2D eigenvalue weighted by atomic mass is 10.1. The number of halogens is 3. The third-order valence-electron chi connectivity index (χ3n) is 2.58. The highest BCUT2D eigenvalue weighted by Gasteiger charge is 2.30. The Kier molecular flexibility index (Phi) is 3.11. The number of nitrogens with zero attached hydrogens (tertiary/aromatic N) is 2. The molecule has 0 saturated carbocycles. The second kappa shape index (κ2) is 4.57. The number of nitriles is 1. The Labute approximate surface area is 102 Å². The summed E-state index contributed by atoms with van der Waals surface area (Å²) in [4.78, 5) is 0. The average molecular weight is 250 g/mol. The molecule has 0 aliphatic heterocycles. The Morgan fingerprint density at radius 3 is 2.33 bits per heavy atom. The van der Waals surface area contributed by atoms with E-state index in [0.29, 0.717) is 5.56 Å². The average Bonchev–Trinajstić information content (AvgIpc) is 2.77. The van der Waals surface area contributed by atoms with Crippen LogP contribution < -0.4 is 0 Å². The van der Waals surface area contributed by atoms with E-state index < -0.39 is 11.7 Å². The van der Waals surface area contributed by atoms with Crippen LogP contribution in [0.25, 0.3) is 11.3 Å². The van der Waals surface area contributed by atoms with Crippen LogP contribution in [0.2, 0.25) is 0 Å². The molecule has 1 heterocycles. The van der Waals surface area contributed by atoms with Gasteiger partial charge in [0.1, 0.15) is 6.54 Å². The molecule has 0 atom stereocenters. The molecule has 2 aromatic rings. The fourth-order valence-electron chi connectivity index (χ4n) is 1.72. The van der Waals surface area contributed by atoms with E-state index in [2.05, 4.69) is 0 Å². The lowest BCUT2D eigenvalue weighted by Crippen LogP contribution is -2.04. The van der Waals surface area contributed by atoms with Crippen LogP contribution in [0.5, 0.6) is 0 Å². The SMILES string of the molecule is N#CCn1cccc1-c1ccc(C(F)(F)F)cc1. The zero-order valence-electron chi connectivity index (χ0n) is 9.28. The highest BCUT2D eigenvalue weighted by atomic mass is 19.4. The van der Waals surface area contributed by atoms with Crippen LogP contribution in [0.15, 0.2) is 42.6 Å². The van der Waals surface area contributed by atoms with Crippen molar-refractivity contribution in [1.29, 1.82) is 5.26 Å². The van der Waals surface area contributed by atoms with Crippen molar-refractivity contribution in [3.63, 3.8) is 0 Å². The summed E-state index contributed by atoms with van der Waals surface area (Å²) < 4.78 is 38.9. The Morgan fingerprint density at radius 1 is 1.11 bits per heavy atom. The monoisotopic (exact) mass is 250 g/mol. The summed E-state index contributed by atoms with van der Waals surface area (Å²) in [5, 5.41) is 8.64. The first-order valence-electron chi connectivity index (χ1n) is 5.22. The molecule has 0 N–H and O–H groups in total. The van der Waals surface area contributed by atoms with E-state index in [-0.39, 0.29) is 6.54 Å². The van der Waals surface area contributed by atoms with Gasteiger partial charge >= 0.3 is 6.18 Å². The van der Waals surface area contributed by atoms with Crippen LogP contribution in [0.4, 0.5) is 13.2 Å². The first-order valence-corrected chi connectivity index (χ1v) is 5.22. The molecule has 0 fully saturated rings. The van der Waals surface area contributed by atoms with Crippen LogP contribution in [-0.2, 0) is 12.7 Å². The van der Waals surface area contributed by atoms with E-state index >= 15 is 0 Å². The number of rotatable bonds is 2. The Balaban J connectivity index is 2.35. The minimum absolute atomic E-state index is 0.170. The third kappa shape index (κ3) is 2.38. The highest BCUT2D eigenvalue weighted by Crippen LogP contribution is 2.31. The molecule has 92 valence electrons. The standard InChI is InChI=1S/C13H9F3N2/c14-13(15,16)11-5-3-10(4-6-11)12-2-1-8-18(12)9-7-17/h1-6,8H,9H2. The van der Waals surface area contributed by atoms with E-state index in [1.165, 1.54) is 12.1 Å². The maximum Gasteiger partial charge on any atom is 0.416 e. The molecule has 0 amide bonds. The van der Waals surface area contributed by atoms with Gasteiger partial charge in [-0.05, 0) is 29.8 Å². The zero-order chi connectivity index (χ0) is 13.2. The van der Waals surface area contributed by atoms with Gasteiger partial charge in [-0.3, -0.25) is 0 Å². The van der Waals surface area contributed by atoms with Crippen molar-refractivity contribution < 1.29 is 13.2 Å². The topological polar surface area (TPSA) is 28.7 Å². The number of hydrogen-bond acceptors (Lipinski definition) is 1. The summed E-state index contributed by atoms with van der Waals surface area (Å²) in [5.41, 5.74) is 0.707.